The number of hydrogen-bond acceptors (Lipinski definition) is 3. The van der Waals surface area contributed by atoms with E-state index in [0.29, 0.717) is 11.5 Å². The Labute approximate surface area is 115 Å². The van der Waals surface area contributed by atoms with Crippen molar-refractivity contribution in [1.82, 2.24) is 0 Å². The van der Waals surface area contributed by atoms with E-state index in [1.54, 1.807) is 24.3 Å². The van der Waals surface area contributed by atoms with Crippen molar-refractivity contribution in [3.8, 4) is 0 Å². The van der Waals surface area contributed by atoms with Gasteiger partial charge in [-0.3, -0.25) is 0 Å². The first-order valence-corrected chi connectivity index (χ1v) is 8.20. The molecular formula is C14H22N2O2S. The monoisotopic (exact) mass is 282 g/mol. The van der Waals surface area contributed by atoms with Crippen molar-refractivity contribution in [2.24, 2.45) is 10.6 Å². The van der Waals surface area contributed by atoms with E-state index in [4.69, 9.17) is 5.14 Å². The minimum atomic E-state index is -3.60. The third kappa shape index (κ3) is 3.94. The highest BCUT2D eigenvalue weighted by Gasteiger charge is 2.26. The second-order valence-corrected chi connectivity index (χ2v) is 7.71. The summed E-state index contributed by atoms with van der Waals surface area (Å²) in [5, 5.41) is 8.53. The summed E-state index contributed by atoms with van der Waals surface area (Å²) in [5.41, 5.74) is 1.41. The van der Waals surface area contributed by atoms with Crippen LogP contribution >= 0.6 is 0 Å². The molecule has 0 bridgehead atoms. The van der Waals surface area contributed by atoms with Gasteiger partial charge in [-0.2, -0.15) is 0 Å². The summed E-state index contributed by atoms with van der Waals surface area (Å²) in [7, 11) is -3.60. The maximum atomic E-state index is 11.2. The van der Waals surface area contributed by atoms with Gasteiger partial charge in [0.15, 0.2) is 0 Å². The number of benzene rings is 1. The van der Waals surface area contributed by atoms with Gasteiger partial charge < -0.3 is 5.32 Å². The molecule has 0 amide bonds. The van der Waals surface area contributed by atoms with Gasteiger partial charge in [-0.25, -0.2) is 13.6 Å². The van der Waals surface area contributed by atoms with Gasteiger partial charge in [0.2, 0.25) is 10.0 Å². The summed E-state index contributed by atoms with van der Waals surface area (Å²) in [6, 6.07) is 7.13. The Morgan fingerprint density at radius 2 is 1.68 bits per heavy atom. The maximum Gasteiger partial charge on any atom is 0.238 e. The minimum Gasteiger partial charge on any atom is -0.382 e. The van der Waals surface area contributed by atoms with Crippen LogP contribution in [-0.4, -0.2) is 14.5 Å². The van der Waals surface area contributed by atoms with Gasteiger partial charge in [0, 0.05) is 11.7 Å². The van der Waals surface area contributed by atoms with Crippen molar-refractivity contribution < 1.29 is 8.42 Å². The van der Waals surface area contributed by atoms with Crippen LogP contribution in [0.15, 0.2) is 29.2 Å². The topological polar surface area (TPSA) is 72.2 Å². The van der Waals surface area contributed by atoms with Crippen LogP contribution in [0.4, 0.5) is 5.69 Å². The van der Waals surface area contributed by atoms with Gasteiger partial charge in [0.1, 0.15) is 0 Å². The molecule has 19 heavy (non-hydrogen) atoms. The Morgan fingerprint density at radius 3 is 2.16 bits per heavy atom. The normalized spacial score (nSPS) is 20.2. The minimum absolute atomic E-state index is 0.155. The lowest BCUT2D eigenvalue weighted by molar-refractivity contribution is 0.232. The number of rotatable bonds is 3. The molecule has 1 fully saturated rings. The largest absolute Gasteiger partial charge is 0.382 e. The number of sulfonamides is 1. The van der Waals surface area contributed by atoms with E-state index in [1.165, 1.54) is 12.8 Å². The van der Waals surface area contributed by atoms with Crippen LogP contribution in [0.3, 0.4) is 0 Å². The van der Waals surface area contributed by atoms with E-state index in [2.05, 4.69) is 19.2 Å². The molecule has 1 aliphatic carbocycles. The predicted molar refractivity (Wildman–Crippen MR) is 77.5 cm³/mol. The molecule has 0 saturated heterocycles. The molecular weight excluding hydrogens is 260 g/mol. The van der Waals surface area contributed by atoms with Crippen molar-refractivity contribution in [1.29, 1.82) is 0 Å². The van der Waals surface area contributed by atoms with Gasteiger partial charge in [0.05, 0.1) is 4.90 Å². The Hall–Kier alpha value is -1.07. The molecule has 2 rings (SSSR count). The predicted octanol–water partition coefficient (Wildman–Crippen LogP) is 2.71. The molecule has 0 atom stereocenters. The highest BCUT2D eigenvalue weighted by Crippen LogP contribution is 2.36. The summed E-state index contributed by atoms with van der Waals surface area (Å²) in [5.74, 6) is 0. The standard InChI is InChI=1S/C14H22N2O2S/c1-14(2)9-7-12(8-10-14)16-11-3-5-13(6-4-11)19(15,17)18/h3-6,12,16H,7-10H2,1-2H3,(H2,15,17,18). The van der Waals surface area contributed by atoms with Crippen molar-refractivity contribution >= 4 is 15.7 Å². The maximum absolute atomic E-state index is 11.2. The van der Waals surface area contributed by atoms with E-state index in [1.807, 2.05) is 0 Å². The van der Waals surface area contributed by atoms with Crippen molar-refractivity contribution in [3.05, 3.63) is 24.3 Å². The molecule has 1 aliphatic rings. The molecule has 0 spiro atoms. The Bertz CT molecular complexity index is 525. The molecule has 1 aromatic carbocycles. The van der Waals surface area contributed by atoms with Gasteiger partial charge >= 0.3 is 0 Å². The SMILES string of the molecule is CC1(C)CCC(Nc2ccc(S(N)(=O)=O)cc2)CC1. The number of hydrogen-bond donors (Lipinski definition) is 2. The zero-order chi connectivity index (χ0) is 14.1. The number of primary sulfonamides is 1. The Balaban J connectivity index is 1.97. The summed E-state index contributed by atoms with van der Waals surface area (Å²) >= 11 is 0. The molecule has 3 N–H and O–H groups in total. The molecule has 4 nitrogen and oxygen atoms in total. The highest BCUT2D eigenvalue weighted by atomic mass is 32.2. The lowest BCUT2D eigenvalue weighted by Crippen LogP contribution is -2.29. The molecule has 106 valence electrons. The smallest absolute Gasteiger partial charge is 0.238 e. The van der Waals surface area contributed by atoms with E-state index in [0.717, 1.165) is 18.5 Å². The molecule has 1 aromatic rings. The average Bonchev–Trinajstić information content (AvgIpc) is 2.31. The molecule has 0 aromatic heterocycles. The fraction of sp³-hybridized carbons (Fsp3) is 0.571. The van der Waals surface area contributed by atoms with Crippen molar-refractivity contribution in [2.75, 3.05) is 5.32 Å². The van der Waals surface area contributed by atoms with Gasteiger partial charge in [-0.1, -0.05) is 13.8 Å². The average molecular weight is 282 g/mol. The third-order valence-corrected chi connectivity index (χ3v) is 4.82. The molecule has 0 aliphatic heterocycles. The highest BCUT2D eigenvalue weighted by molar-refractivity contribution is 7.89. The lowest BCUT2D eigenvalue weighted by Gasteiger charge is -2.35. The number of anilines is 1. The Morgan fingerprint density at radius 1 is 1.16 bits per heavy atom. The molecule has 5 heteroatoms. The van der Waals surface area contributed by atoms with E-state index >= 15 is 0 Å². The van der Waals surface area contributed by atoms with E-state index in [-0.39, 0.29) is 4.90 Å². The molecule has 1 saturated carbocycles. The second-order valence-electron chi connectivity index (χ2n) is 6.15. The first-order valence-electron chi connectivity index (χ1n) is 6.66. The molecule has 0 unspecified atom stereocenters. The van der Waals surface area contributed by atoms with E-state index in [9.17, 15) is 8.42 Å². The molecule has 0 heterocycles. The first-order chi connectivity index (χ1) is 8.76. The van der Waals surface area contributed by atoms with Gasteiger partial charge in [-0.15, -0.1) is 0 Å². The van der Waals surface area contributed by atoms with E-state index < -0.39 is 10.0 Å². The second kappa shape index (κ2) is 5.13. The summed E-state index contributed by atoms with van der Waals surface area (Å²) in [6.07, 6.45) is 4.76. The quantitative estimate of drug-likeness (QED) is 0.895. The zero-order valence-corrected chi connectivity index (χ0v) is 12.3. The van der Waals surface area contributed by atoms with Crippen LogP contribution < -0.4 is 10.5 Å². The van der Waals surface area contributed by atoms with Crippen LogP contribution in [0.5, 0.6) is 0 Å². The van der Waals surface area contributed by atoms with Crippen LogP contribution in [0.25, 0.3) is 0 Å². The van der Waals surface area contributed by atoms with Crippen LogP contribution in [0.2, 0.25) is 0 Å². The first kappa shape index (κ1) is 14.3. The third-order valence-electron chi connectivity index (χ3n) is 3.89. The van der Waals surface area contributed by atoms with Crippen molar-refractivity contribution in [2.45, 2.75) is 50.5 Å². The summed E-state index contributed by atoms with van der Waals surface area (Å²) < 4.78 is 22.3. The summed E-state index contributed by atoms with van der Waals surface area (Å²) in [6.45, 7) is 4.62. The zero-order valence-electron chi connectivity index (χ0n) is 11.5. The number of nitrogens with one attached hydrogen (secondary N) is 1. The van der Waals surface area contributed by atoms with Gasteiger partial charge in [0.25, 0.3) is 0 Å². The van der Waals surface area contributed by atoms with Crippen LogP contribution in [-0.2, 0) is 10.0 Å². The molecule has 0 radical (unpaired) electrons. The van der Waals surface area contributed by atoms with Crippen molar-refractivity contribution in [3.63, 3.8) is 0 Å². The van der Waals surface area contributed by atoms with Crippen LogP contribution in [0, 0.1) is 5.41 Å². The fourth-order valence-corrected chi connectivity index (χ4v) is 3.04. The van der Waals surface area contributed by atoms with Gasteiger partial charge in [-0.05, 0) is 55.4 Å². The number of nitrogens with two attached hydrogens (primary N) is 1. The Kier molecular flexibility index (Phi) is 3.87. The fourth-order valence-electron chi connectivity index (χ4n) is 2.52. The van der Waals surface area contributed by atoms with Crippen LogP contribution in [0.1, 0.15) is 39.5 Å². The lowest BCUT2D eigenvalue weighted by atomic mass is 9.75. The summed E-state index contributed by atoms with van der Waals surface area (Å²) in [4.78, 5) is 0.155.